The first kappa shape index (κ1) is 14.5. The molecule has 0 bridgehead atoms. The fourth-order valence-corrected chi connectivity index (χ4v) is 2.08. The van der Waals surface area contributed by atoms with Crippen LogP contribution >= 0.6 is 0 Å². The lowest BCUT2D eigenvalue weighted by Gasteiger charge is -2.08. The largest absolute Gasteiger partial charge is 0.366 e. The second-order valence-corrected chi connectivity index (χ2v) is 4.85. The standard InChI is InChI=1S/C16H22N4/c1-3-15-10-16(20-12(2)19-15)18-11-14-6-4-13(5-7-14)8-9-17/h4-7,10H,3,8-9,11,17H2,1-2H3,(H,18,19,20). The minimum Gasteiger partial charge on any atom is -0.366 e. The molecular formula is C16H22N4. The molecule has 2 rings (SSSR count). The molecule has 0 aliphatic rings. The zero-order valence-electron chi connectivity index (χ0n) is 12.2. The Morgan fingerprint density at radius 1 is 1.10 bits per heavy atom. The molecule has 0 spiro atoms. The Hall–Kier alpha value is -1.94. The van der Waals surface area contributed by atoms with Crippen LogP contribution in [0.3, 0.4) is 0 Å². The molecule has 0 saturated carbocycles. The van der Waals surface area contributed by atoms with E-state index in [1.807, 2.05) is 13.0 Å². The van der Waals surface area contributed by atoms with Gasteiger partial charge in [-0.2, -0.15) is 0 Å². The fraction of sp³-hybridized carbons (Fsp3) is 0.375. The van der Waals surface area contributed by atoms with E-state index in [0.717, 1.165) is 36.7 Å². The fourth-order valence-electron chi connectivity index (χ4n) is 2.08. The molecule has 4 nitrogen and oxygen atoms in total. The van der Waals surface area contributed by atoms with Crippen molar-refractivity contribution in [1.82, 2.24) is 9.97 Å². The maximum Gasteiger partial charge on any atom is 0.130 e. The molecule has 0 amide bonds. The number of nitrogens with two attached hydrogens (primary N) is 1. The van der Waals surface area contributed by atoms with Crippen molar-refractivity contribution in [1.29, 1.82) is 0 Å². The zero-order valence-corrected chi connectivity index (χ0v) is 12.2. The molecule has 0 aliphatic carbocycles. The number of benzene rings is 1. The van der Waals surface area contributed by atoms with E-state index < -0.39 is 0 Å². The number of nitrogens with zero attached hydrogens (tertiary/aromatic N) is 2. The predicted octanol–water partition coefficient (Wildman–Crippen LogP) is 2.46. The highest BCUT2D eigenvalue weighted by Gasteiger charge is 2.01. The van der Waals surface area contributed by atoms with Crippen molar-refractivity contribution in [2.75, 3.05) is 11.9 Å². The molecule has 0 radical (unpaired) electrons. The van der Waals surface area contributed by atoms with Gasteiger partial charge in [-0.15, -0.1) is 0 Å². The highest BCUT2D eigenvalue weighted by Crippen LogP contribution is 2.10. The quantitative estimate of drug-likeness (QED) is 0.846. The molecule has 3 N–H and O–H groups in total. The Kier molecular flexibility index (Phi) is 5.07. The predicted molar refractivity (Wildman–Crippen MR) is 82.7 cm³/mol. The Morgan fingerprint density at radius 2 is 1.80 bits per heavy atom. The van der Waals surface area contributed by atoms with Crippen molar-refractivity contribution in [3.63, 3.8) is 0 Å². The highest BCUT2D eigenvalue weighted by molar-refractivity contribution is 5.37. The zero-order chi connectivity index (χ0) is 14.4. The van der Waals surface area contributed by atoms with Crippen LogP contribution in [0.4, 0.5) is 5.82 Å². The van der Waals surface area contributed by atoms with Crippen LogP contribution in [0.1, 0.15) is 29.6 Å². The van der Waals surface area contributed by atoms with Gasteiger partial charge in [0, 0.05) is 18.3 Å². The number of anilines is 1. The molecule has 2 aromatic rings. The number of rotatable bonds is 6. The van der Waals surface area contributed by atoms with Gasteiger partial charge < -0.3 is 11.1 Å². The molecule has 0 unspecified atom stereocenters. The lowest BCUT2D eigenvalue weighted by molar-refractivity contribution is 0.940. The molecule has 4 heteroatoms. The third-order valence-corrected chi connectivity index (χ3v) is 3.18. The molecule has 0 atom stereocenters. The van der Waals surface area contributed by atoms with Crippen molar-refractivity contribution in [3.8, 4) is 0 Å². The van der Waals surface area contributed by atoms with E-state index in [4.69, 9.17) is 5.73 Å². The molecule has 0 saturated heterocycles. The average molecular weight is 270 g/mol. The van der Waals surface area contributed by atoms with E-state index in [9.17, 15) is 0 Å². The molecule has 106 valence electrons. The van der Waals surface area contributed by atoms with Gasteiger partial charge in [-0.25, -0.2) is 9.97 Å². The summed E-state index contributed by atoms with van der Waals surface area (Å²) >= 11 is 0. The van der Waals surface area contributed by atoms with Crippen molar-refractivity contribution in [2.24, 2.45) is 5.73 Å². The van der Waals surface area contributed by atoms with Crippen LogP contribution in [0.5, 0.6) is 0 Å². The second-order valence-electron chi connectivity index (χ2n) is 4.85. The van der Waals surface area contributed by atoms with Crippen molar-refractivity contribution < 1.29 is 0 Å². The van der Waals surface area contributed by atoms with Gasteiger partial charge in [-0.05, 0) is 37.4 Å². The number of aromatic nitrogens is 2. The summed E-state index contributed by atoms with van der Waals surface area (Å²) in [7, 11) is 0. The van der Waals surface area contributed by atoms with Gasteiger partial charge in [0.2, 0.25) is 0 Å². The monoisotopic (exact) mass is 270 g/mol. The van der Waals surface area contributed by atoms with Gasteiger partial charge in [-0.3, -0.25) is 0 Å². The molecule has 0 fully saturated rings. The lowest BCUT2D eigenvalue weighted by atomic mass is 10.1. The summed E-state index contributed by atoms with van der Waals surface area (Å²) in [4.78, 5) is 8.78. The van der Waals surface area contributed by atoms with Gasteiger partial charge in [0.15, 0.2) is 0 Å². The SMILES string of the molecule is CCc1cc(NCc2ccc(CCN)cc2)nc(C)n1. The number of aryl methyl sites for hydroxylation is 2. The van der Waals surface area contributed by atoms with Crippen molar-refractivity contribution >= 4 is 5.82 Å². The van der Waals surface area contributed by atoms with Crippen LogP contribution < -0.4 is 11.1 Å². The Morgan fingerprint density at radius 3 is 2.45 bits per heavy atom. The third kappa shape index (κ3) is 4.03. The summed E-state index contributed by atoms with van der Waals surface area (Å²) < 4.78 is 0. The summed E-state index contributed by atoms with van der Waals surface area (Å²) in [6, 6.07) is 10.5. The van der Waals surface area contributed by atoms with Crippen LogP contribution in [0.2, 0.25) is 0 Å². The molecule has 20 heavy (non-hydrogen) atoms. The average Bonchev–Trinajstić information content (AvgIpc) is 2.46. The summed E-state index contributed by atoms with van der Waals surface area (Å²) in [5, 5.41) is 3.35. The smallest absolute Gasteiger partial charge is 0.130 e. The highest BCUT2D eigenvalue weighted by atomic mass is 15.0. The minimum atomic E-state index is 0.692. The summed E-state index contributed by atoms with van der Waals surface area (Å²) in [5.74, 6) is 1.70. The number of hydrogen-bond donors (Lipinski definition) is 2. The topological polar surface area (TPSA) is 63.8 Å². The van der Waals surface area contributed by atoms with Crippen LogP contribution in [-0.2, 0) is 19.4 Å². The molecule has 0 aliphatic heterocycles. The second kappa shape index (κ2) is 7.01. The van der Waals surface area contributed by atoms with E-state index in [0.29, 0.717) is 6.54 Å². The lowest BCUT2D eigenvalue weighted by Crippen LogP contribution is -2.05. The molecule has 1 heterocycles. The van der Waals surface area contributed by atoms with E-state index in [1.54, 1.807) is 0 Å². The van der Waals surface area contributed by atoms with Crippen LogP contribution in [0, 0.1) is 6.92 Å². The van der Waals surface area contributed by atoms with Crippen LogP contribution in [-0.4, -0.2) is 16.5 Å². The minimum absolute atomic E-state index is 0.692. The van der Waals surface area contributed by atoms with E-state index >= 15 is 0 Å². The van der Waals surface area contributed by atoms with Gasteiger partial charge in [0.25, 0.3) is 0 Å². The normalized spacial score (nSPS) is 10.6. The van der Waals surface area contributed by atoms with E-state index in [-0.39, 0.29) is 0 Å². The molecule has 1 aromatic carbocycles. The van der Waals surface area contributed by atoms with Gasteiger partial charge in [-0.1, -0.05) is 31.2 Å². The number of hydrogen-bond acceptors (Lipinski definition) is 4. The number of nitrogens with one attached hydrogen (secondary N) is 1. The van der Waals surface area contributed by atoms with Crippen LogP contribution in [0.25, 0.3) is 0 Å². The maximum absolute atomic E-state index is 5.55. The maximum atomic E-state index is 5.55. The first-order valence-corrected chi connectivity index (χ1v) is 7.07. The molecule has 1 aromatic heterocycles. The van der Waals surface area contributed by atoms with Crippen molar-refractivity contribution in [2.45, 2.75) is 33.2 Å². The van der Waals surface area contributed by atoms with Crippen LogP contribution in [0.15, 0.2) is 30.3 Å². The first-order chi connectivity index (χ1) is 9.71. The van der Waals surface area contributed by atoms with Gasteiger partial charge >= 0.3 is 0 Å². The van der Waals surface area contributed by atoms with E-state index in [1.165, 1.54) is 11.1 Å². The summed E-state index contributed by atoms with van der Waals surface area (Å²) in [5.41, 5.74) is 9.13. The first-order valence-electron chi connectivity index (χ1n) is 7.07. The van der Waals surface area contributed by atoms with E-state index in [2.05, 4.69) is 46.5 Å². The van der Waals surface area contributed by atoms with Gasteiger partial charge in [0.05, 0.1) is 0 Å². The molecular weight excluding hydrogens is 248 g/mol. The third-order valence-electron chi connectivity index (χ3n) is 3.18. The summed E-state index contributed by atoms with van der Waals surface area (Å²) in [6.45, 7) is 5.48. The van der Waals surface area contributed by atoms with Gasteiger partial charge in [0.1, 0.15) is 11.6 Å². The summed E-state index contributed by atoms with van der Waals surface area (Å²) in [6.07, 6.45) is 1.85. The Bertz CT molecular complexity index is 549. The van der Waals surface area contributed by atoms with Crippen molar-refractivity contribution in [3.05, 3.63) is 53.0 Å². The Labute approximate surface area is 120 Å². The Balaban J connectivity index is 1.99.